The molecule has 0 unspecified atom stereocenters. The molecule has 1 aromatic heterocycles. The number of nitrogens with one attached hydrogen (secondary N) is 3. The Morgan fingerprint density at radius 1 is 1.03 bits per heavy atom. The van der Waals surface area contributed by atoms with E-state index in [1.165, 1.54) is 0 Å². The Kier molecular flexibility index (Phi) is 5.48. The van der Waals surface area contributed by atoms with E-state index < -0.39 is 24.5 Å². The van der Waals surface area contributed by atoms with E-state index in [0.29, 0.717) is 36.0 Å². The molecule has 3 amide bonds. The summed E-state index contributed by atoms with van der Waals surface area (Å²) in [6.07, 6.45) is 0. The second-order valence-corrected chi connectivity index (χ2v) is 7.07. The predicted molar refractivity (Wildman–Crippen MR) is 113 cm³/mol. The van der Waals surface area contributed by atoms with Crippen LogP contribution in [0.25, 0.3) is 10.9 Å². The van der Waals surface area contributed by atoms with Gasteiger partial charge in [0.15, 0.2) is 18.1 Å². The molecule has 2 heterocycles. The smallest absolute Gasteiger partial charge is 0.338 e. The summed E-state index contributed by atoms with van der Waals surface area (Å²) in [5.74, 6) is -0.307. The summed E-state index contributed by atoms with van der Waals surface area (Å²) < 4.78 is 15.9. The van der Waals surface area contributed by atoms with Gasteiger partial charge < -0.3 is 24.5 Å². The summed E-state index contributed by atoms with van der Waals surface area (Å²) in [5.41, 5.74) is 3.72. The van der Waals surface area contributed by atoms with E-state index in [0.717, 1.165) is 22.2 Å². The summed E-state index contributed by atoms with van der Waals surface area (Å²) in [7, 11) is 0. The van der Waals surface area contributed by atoms with Gasteiger partial charge in [-0.2, -0.15) is 0 Å². The van der Waals surface area contributed by atoms with E-state index in [4.69, 9.17) is 14.2 Å². The number of fused-ring (bicyclic) bond motifs is 2. The average Bonchev–Trinajstić information content (AvgIpc) is 3.05. The summed E-state index contributed by atoms with van der Waals surface area (Å²) in [6, 6.07) is 9.25. The number of benzene rings is 2. The normalized spacial score (nSPS) is 12.3. The molecule has 0 spiro atoms. The number of imide groups is 1. The van der Waals surface area contributed by atoms with E-state index in [2.05, 4.69) is 15.6 Å². The standard InChI is InChI=1S/C22H21N3O6/c1-12-13(2)23-17-5-3-14(9-16(12)17)21(27)31-11-20(26)25-22(28)24-15-4-6-18-19(10-15)30-8-7-29-18/h3-6,9-10,23H,7-8,11H2,1-2H3,(H2,24,25,26,28). The molecule has 31 heavy (non-hydrogen) atoms. The SMILES string of the molecule is Cc1[nH]c2ccc(C(=O)OCC(=O)NC(=O)Nc3ccc4c(c3)OCCO4)cc2c1C. The number of amides is 3. The lowest BCUT2D eigenvalue weighted by molar-refractivity contribution is -0.123. The zero-order valence-corrected chi connectivity index (χ0v) is 17.0. The molecule has 9 heteroatoms. The highest BCUT2D eigenvalue weighted by molar-refractivity contribution is 6.03. The van der Waals surface area contributed by atoms with Gasteiger partial charge in [-0.05, 0) is 49.7 Å². The largest absolute Gasteiger partial charge is 0.486 e. The molecule has 9 nitrogen and oxygen atoms in total. The first kappa shape index (κ1) is 20.3. The number of ether oxygens (including phenoxy) is 3. The highest BCUT2D eigenvalue weighted by Crippen LogP contribution is 2.32. The second kappa shape index (κ2) is 8.39. The molecule has 3 aromatic rings. The van der Waals surface area contributed by atoms with Crippen LogP contribution in [0.3, 0.4) is 0 Å². The van der Waals surface area contributed by atoms with Crippen molar-refractivity contribution in [2.75, 3.05) is 25.1 Å². The molecule has 0 saturated carbocycles. The van der Waals surface area contributed by atoms with Crippen molar-refractivity contribution in [3.63, 3.8) is 0 Å². The number of rotatable bonds is 4. The topological polar surface area (TPSA) is 119 Å². The molecule has 1 aliphatic rings. The Bertz CT molecular complexity index is 1180. The van der Waals surface area contributed by atoms with Crippen LogP contribution in [0.2, 0.25) is 0 Å². The Morgan fingerprint density at radius 2 is 1.81 bits per heavy atom. The number of carbonyl (C=O) groups is 3. The Balaban J connectivity index is 1.30. The second-order valence-electron chi connectivity index (χ2n) is 7.07. The summed E-state index contributed by atoms with van der Waals surface area (Å²) >= 11 is 0. The molecule has 1 aliphatic heterocycles. The van der Waals surface area contributed by atoms with Crippen molar-refractivity contribution in [1.82, 2.24) is 10.3 Å². The van der Waals surface area contributed by atoms with Crippen molar-refractivity contribution in [2.45, 2.75) is 13.8 Å². The number of H-pyrrole nitrogens is 1. The van der Waals surface area contributed by atoms with Crippen molar-refractivity contribution in [2.24, 2.45) is 0 Å². The van der Waals surface area contributed by atoms with Gasteiger partial charge in [-0.25, -0.2) is 9.59 Å². The van der Waals surface area contributed by atoms with Gasteiger partial charge in [0, 0.05) is 28.4 Å². The number of hydrogen-bond acceptors (Lipinski definition) is 6. The molecule has 0 aliphatic carbocycles. The summed E-state index contributed by atoms with van der Waals surface area (Å²) in [4.78, 5) is 39.5. The van der Waals surface area contributed by atoms with Gasteiger partial charge in [-0.15, -0.1) is 0 Å². The van der Waals surface area contributed by atoms with E-state index in [1.807, 2.05) is 13.8 Å². The van der Waals surface area contributed by atoms with Gasteiger partial charge in [0.05, 0.1) is 5.56 Å². The fourth-order valence-corrected chi connectivity index (χ4v) is 3.25. The molecular weight excluding hydrogens is 402 g/mol. The van der Waals surface area contributed by atoms with E-state index in [-0.39, 0.29) is 0 Å². The van der Waals surface area contributed by atoms with Crippen LogP contribution in [-0.2, 0) is 9.53 Å². The number of aryl methyl sites for hydroxylation is 2. The summed E-state index contributed by atoms with van der Waals surface area (Å²) in [6.45, 7) is 4.20. The van der Waals surface area contributed by atoms with Crippen LogP contribution in [0.4, 0.5) is 10.5 Å². The molecule has 3 N–H and O–H groups in total. The van der Waals surface area contributed by atoms with Crippen LogP contribution < -0.4 is 20.1 Å². The van der Waals surface area contributed by atoms with E-state index in [1.54, 1.807) is 36.4 Å². The van der Waals surface area contributed by atoms with Crippen molar-refractivity contribution in [1.29, 1.82) is 0 Å². The lowest BCUT2D eigenvalue weighted by atomic mass is 10.1. The maximum Gasteiger partial charge on any atom is 0.338 e. The molecule has 0 fully saturated rings. The van der Waals surface area contributed by atoms with E-state index in [9.17, 15) is 14.4 Å². The Morgan fingerprint density at radius 3 is 2.61 bits per heavy atom. The third kappa shape index (κ3) is 4.45. The Labute approximate surface area is 177 Å². The van der Waals surface area contributed by atoms with Gasteiger partial charge in [-0.3, -0.25) is 10.1 Å². The first-order chi connectivity index (χ1) is 14.9. The van der Waals surface area contributed by atoms with Gasteiger partial charge in [0.25, 0.3) is 5.91 Å². The van der Waals surface area contributed by atoms with Crippen molar-refractivity contribution < 1.29 is 28.6 Å². The number of anilines is 1. The number of hydrogen-bond donors (Lipinski definition) is 3. The zero-order chi connectivity index (χ0) is 22.0. The highest BCUT2D eigenvalue weighted by Gasteiger charge is 2.16. The molecule has 0 saturated heterocycles. The average molecular weight is 423 g/mol. The lowest BCUT2D eigenvalue weighted by Crippen LogP contribution is -2.37. The fourth-order valence-electron chi connectivity index (χ4n) is 3.25. The number of urea groups is 1. The molecule has 0 atom stereocenters. The predicted octanol–water partition coefficient (Wildman–Crippen LogP) is 3.06. The van der Waals surface area contributed by atoms with Gasteiger partial charge >= 0.3 is 12.0 Å². The minimum absolute atomic E-state index is 0.322. The first-order valence-electron chi connectivity index (χ1n) is 9.67. The molecule has 160 valence electrons. The van der Waals surface area contributed by atoms with Crippen LogP contribution in [0, 0.1) is 13.8 Å². The van der Waals surface area contributed by atoms with Gasteiger partial charge in [0.2, 0.25) is 0 Å². The molecule has 4 rings (SSSR count). The molecule has 0 radical (unpaired) electrons. The minimum Gasteiger partial charge on any atom is -0.486 e. The van der Waals surface area contributed by atoms with Crippen molar-refractivity contribution >= 4 is 34.5 Å². The van der Waals surface area contributed by atoms with Gasteiger partial charge in [0.1, 0.15) is 13.2 Å². The van der Waals surface area contributed by atoms with Crippen LogP contribution in [0.5, 0.6) is 11.5 Å². The zero-order valence-electron chi connectivity index (χ0n) is 17.0. The Hall–Kier alpha value is -4.01. The van der Waals surface area contributed by atoms with Crippen molar-refractivity contribution in [3.8, 4) is 11.5 Å². The molecular formula is C22H21N3O6. The summed E-state index contributed by atoms with van der Waals surface area (Å²) in [5, 5.41) is 5.55. The number of aromatic nitrogens is 1. The fraction of sp³-hybridized carbons (Fsp3) is 0.227. The van der Waals surface area contributed by atoms with Crippen LogP contribution >= 0.6 is 0 Å². The van der Waals surface area contributed by atoms with Crippen LogP contribution in [0.1, 0.15) is 21.6 Å². The maximum atomic E-state index is 12.3. The monoisotopic (exact) mass is 423 g/mol. The van der Waals surface area contributed by atoms with Gasteiger partial charge in [-0.1, -0.05) is 0 Å². The lowest BCUT2D eigenvalue weighted by Gasteiger charge is -2.19. The minimum atomic E-state index is -0.752. The maximum absolute atomic E-state index is 12.3. The number of carbonyl (C=O) groups excluding carboxylic acids is 3. The third-order valence-corrected chi connectivity index (χ3v) is 4.93. The highest BCUT2D eigenvalue weighted by atomic mass is 16.6. The quantitative estimate of drug-likeness (QED) is 0.555. The van der Waals surface area contributed by atoms with Crippen molar-refractivity contribution in [3.05, 3.63) is 53.2 Å². The number of aromatic amines is 1. The van der Waals surface area contributed by atoms with Crippen LogP contribution in [-0.4, -0.2) is 42.7 Å². The third-order valence-electron chi connectivity index (χ3n) is 4.93. The van der Waals surface area contributed by atoms with Crippen LogP contribution in [0.15, 0.2) is 36.4 Å². The molecule has 2 aromatic carbocycles. The number of esters is 1. The first-order valence-corrected chi connectivity index (χ1v) is 9.67. The molecule has 0 bridgehead atoms. The van der Waals surface area contributed by atoms with E-state index >= 15 is 0 Å².